The number of amides is 1. The number of carbonyl (C=O) groups excluding carboxylic acids is 1. The number of halogens is 3. The lowest BCUT2D eigenvalue weighted by molar-refractivity contribution is -0.137. The summed E-state index contributed by atoms with van der Waals surface area (Å²) in [5.41, 5.74) is 0. The smallest absolute Gasteiger partial charge is 0.346 e. The first-order chi connectivity index (χ1) is 7.88. The monoisotopic (exact) mass is 252 g/mol. The molecule has 2 unspecified atom stereocenters. The summed E-state index contributed by atoms with van der Waals surface area (Å²) >= 11 is 0. The Labute approximate surface area is 99.1 Å². The predicted octanol–water partition coefficient (Wildman–Crippen LogP) is 1.69. The van der Waals surface area contributed by atoms with E-state index in [0.717, 1.165) is 6.42 Å². The van der Waals surface area contributed by atoms with Crippen molar-refractivity contribution in [2.45, 2.75) is 32.4 Å². The summed E-state index contributed by atoms with van der Waals surface area (Å²) in [5, 5.41) is 4.75. The van der Waals surface area contributed by atoms with Crippen molar-refractivity contribution in [3.05, 3.63) is 0 Å². The average molecular weight is 252 g/mol. The van der Waals surface area contributed by atoms with Crippen molar-refractivity contribution in [1.82, 2.24) is 10.6 Å². The summed E-state index contributed by atoms with van der Waals surface area (Å²) in [6, 6.07) is 0. The van der Waals surface area contributed by atoms with Gasteiger partial charge in [0, 0.05) is 0 Å². The third kappa shape index (κ3) is 5.91. The van der Waals surface area contributed by atoms with Gasteiger partial charge in [0.2, 0.25) is 5.91 Å². The molecule has 1 amide bonds. The summed E-state index contributed by atoms with van der Waals surface area (Å²) in [5.74, 6) is 0.583. The Hall–Kier alpha value is -0.780. The van der Waals surface area contributed by atoms with Gasteiger partial charge < -0.3 is 10.6 Å². The number of hydrogen-bond donors (Lipinski definition) is 2. The number of hydrogen-bond acceptors (Lipinski definition) is 2. The van der Waals surface area contributed by atoms with E-state index in [1.54, 1.807) is 0 Å². The molecule has 0 heterocycles. The molecule has 1 fully saturated rings. The van der Waals surface area contributed by atoms with Gasteiger partial charge in [-0.25, -0.2) is 0 Å². The van der Waals surface area contributed by atoms with Crippen LogP contribution in [0.15, 0.2) is 0 Å². The fourth-order valence-electron chi connectivity index (χ4n) is 2.16. The highest BCUT2D eigenvalue weighted by Crippen LogP contribution is 2.30. The Bertz CT molecular complexity index is 256. The van der Waals surface area contributed by atoms with Gasteiger partial charge in [-0.3, -0.25) is 4.79 Å². The second-order valence-electron chi connectivity index (χ2n) is 4.69. The average Bonchev–Trinajstić information content (AvgIpc) is 2.61. The lowest BCUT2D eigenvalue weighted by Gasteiger charge is -2.15. The van der Waals surface area contributed by atoms with Crippen LogP contribution < -0.4 is 10.6 Å². The third-order valence-corrected chi connectivity index (χ3v) is 3.22. The van der Waals surface area contributed by atoms with Crippen molar-refractivity contribution in [2.75, 3.05) is 19.6 Å². The Kier molecular flexibility index (Phi) is 5.24. The Morgan fingerprint density at radius 2 is 2.06 bits per heavy atom. The second-order valence-corrected chi connectivity index (χ2v) is 4.69. The van der Waals surface area contributed by atoms with Gasteiger partial charge in [-0.15, -0.1) is 0 Å². The Morgan fingerprint density at radius 3 is 2.59 bits per heavy atom. The molecule has 0 aromatic carbocycles. The highest BCUT2D eigenvalue weighted by molar-refractivity contribution is 5.77. The fraction of sp³-hybridized carbons (Fsp3) is 0.909. The zero-order valence-corrected chi connectivity index (χ0v) is 9.94. The Morgan fingerprint density at radius 1 is 1.35 bits per heavy atom. The van der Waals surface area contributed by atoms with Gasteiger partial charge in [0.1, 0.15) is 6.54 Å². The van der Waals surface area contributed by atoms with Crippen molar-refractivity contribution in [3.63, 3.8) is 0 Å². The summed E-state index contributed by atoms with van der Waals surface area (Å²) in [4.78, 5) is 11.1. The van der Waals surface area contributed by atoms with E-state index in [2.05, 4.69) is 12.2 Å². The lowest BCUT2D eigenvalue weighted by atomic mass is 9.98. The maximum absolute atomic E-state index is 11.8. The predicted molar refractivity (Wildman–Crippen MR) is 58.4 cm³/mol. The maximum atomic E-state index is 11.8. The zero-order valence-electron chi connectivity index (χ0n) is 9.94. The standard InChI is InChI=1S/C11H19F3N2O/c1-8-3-2-4-9(8)5-15-6-10(17)16-7-11(12,13)14/h8-9,15H,2-7H2,1H3,(H,16,17). The van der Waals surface area contributed by atoms with E-state index in [1.165, 1.54) is 12.8 Å². The summed E-state index contributed by atoms with van der Waals surface area (Å²) in [6.07, 6.45) is -0.797. The van der Waals surface area contributed by atoms with Crippen LogP contribution in [0.5, 0.6) is 0 Å². The normalized spacial score (nSPS) is 24.9. The van der Waals surface area contributed by atoms with E-state index >= 15 is 0 Å². The molecular formula is C11H19F3N2O. The van der Waals surface area contributed by atoms with E-state index in [9.17, 15) is 18.0 Å². The largest absolute Gasteiger partial charge is 0.405 e. The van der Waals surface area contributed by atoms with E-state index in [-0.39, 0.29) is 6.54 Å². The second kappa shape index (κ2) is 6.23. The number of carbonyl (C=O) groups is 1. The molecule has 2 atom stereocenters. The third-order valence-electron chi connectivity index (χ3n) is 3.22. The topological polar surface area (TPSA) is 41.1 Å². The lowest BCUT2D eigenvalue weighted by Crippen LogP contribution is -2.40. The molecule has 3 nitrogen and oxygen atoms in total. The molecule has 0 aliphatic heterocycles. The summed E-state index contributed by atoms with van der Waals surface area (Å²) in [6.45, 7) is 1.58. The molecule has 100 valence electrons. The number of nitrogens with one attached hydrogen (secondary N) is 2. The van der Waals surface area contributed by atoms with Crippen molar-refractivity contribution < 1.29 is 18.0 Å². The zero-order chi connectivity index (χ0) is 12.9. The minimum absolute atomic E-state index is 0.0424. The van der Waals surface area contributed by atoms with Crippen LogP contribution in [-0.4, -0.2) is 31.7 Å². The first-order valence-electron chi connectivity index (χ1n) is 5.92. The molecule has 0 saturated heterocycles. The van der Waals surface area contributed by atoms with E-state index < -0.39 is 18.6 Å². The van der Waals surface area contributed by atoms with Crippen LogP contribution in [-0.2, 0) is 4.79 Å². The van der Waals surface area contributed by atoms with Gasteiger partial charge in [-0.1, -0.05) is 19.8 Å². The van der Waals surface area contributed by atoms with E-state index in [4.69, 9.17) is 0 Å². The number of rotatable bonds is 5. The van der Waals surface area contributed by atoms with Gasteiger partial charge in [-0.05, 0) is 24.8 Å². The first kappa shape index (κ1) is 14.3. The highest BCUT2D eigenvalue weighted by atomic mass is 19.4. The quantitative estimate of drug-likeness (QED) is 0.781. The van der Waals surface area contributed by atoms with Crippen LogP contribution in [0, 0.1) is 11.8 Å². The SMILES string of the molecule is CC1CCCC1CNCC(=O)NCC(F)(F)F. The van der Waals surface area contributed by atoms with Gasteiger partial charge in [0.25, 0.3) is 0 Å². The highest BCUT2D eigenvalue weighted by Gasteiger charge is 2.27. The fourth-order valence-corrected chi connectivity index (χ4v) is 2.16. The first-order valence-corrected chi connectivity index (χ1v) is 5.92. The van der Waals surface area contributed by atoms with Crippen molar-refractivity contribution >= 4 is 5.91 Å². The molecule has 0 bridgehead atoms. The molecule has 1 rings (SSSR count). The van der Waals surface area contributed by atoms with E-state index in [1.807, 2.05) is 5.32 Å². The molecule has 0 aromatic heterocycles. The van der Waals surface area contributed by atoms with Crippen LogP contribution in [0.3, 0.4) is 0 Å². The van der Waals surface area contributed by atoms with Crippen molar-refractivity contribution in [3.8, 4) is 0 Å². The van der Waals surface area contributed by atoms with Gasteiger partial charge in [0.15, 0.2) is 0 Å². The van der Waals surface area contributed by atoms with Crippen LogP contribution >= 0.6 is 0 Å². The molecule has 0 spiro atoms. The van der Waals surface area contributed by atoms with Crippen LogP contribution in [0.25, 0.3) is 0 Å². The molecule has 17 heavy (non-hydrogen) atoms. The van der Waals surface area contributed by atoms with Crippen LogP contribution in [0.2, 0.25) is 0 Å². The molecule has 1 aliphatic rings. The van der Waals surface area contributed by atoms with Gasteiger partial charge >= 0.3 is 6.18 Å². The molecule has 1 saturated carbocycles. The Balaban J connectivity index is 2.08. The summed E-state index contributed by atoms with van der Waals surface area (Å²) in [7, 11) is 0. The maximum Gasteiger partial charge on any atom is 0.405 e. The van der Waals surface area contributed by atoms with Crippen LogP contribution in [0.1, 0.15) is 26.2 Å². The number of alkyl halides is 3. The van der Waals surface area contributed by atoms with Crippen LogP contribution in [0.4, 0.5) is 13.2 Å². The van der Waals surface area contributed by atoms with Crippen molar-refractivity contribution in [2.24, 2.45) is 11.8 Å². The van der Waals surface area contributed by atoms with Gasteiger partial charge in [0.05, 0.1) is 6.54 Å². The molecule has 2 N–H and O–H groups in total. The minimum atomic E-state index is -4.34. The molecule has 0 aromatic rings. The molecule has 6 heteroatoms. The van der Waals surface area contributed by atoms with Crippen molar-refractivity contribution in [1.29, 1.82) is 0 Å². The molecular weight excluding hydrogens is 233 g/mol. The van der Waals surface area contributed by atoms with Gasteiger partial charge in [-0.2, -0.15) is 13.2 Å². The summed E-state index contributed by atoms with van der Waals surface area (Å²) < 4.78 is 35.4. The molecule has 0 radical (unpaired) electrons. The molecule has 1 aliphatic carbocycles. The van der Waals surface area contributed by atoms with E-state index in [0.29, 0.717) is 18.4 Å². The minimum Gasteiger partial charge on any atom is -0.346 e.